The zero-order valence-electron chi connectivity index (χ0n) is 9.58. The fourth-order valence-corrected chi connectivity index (χ4v) is 2.45. The molecule has 1 heterocycles. The van der Waals surface area contributed by atoms with E-state index < -0.39 is 17.7 Å². The molecule has 0 spiro atoms. The summed E-state index contributed by atoms with van der Waals surface area (Å²) in [6.07, 6.45) is 0.873. The summed E-state index contributed by atoms with van der Waals surface area (Å²) in [5.74, 6) is -1.95. The Morgan fingerprint density at radius 3 is 2.53 bits per heavy atom. The van der Waals surface area contributed by atoms with Crippen molar-refractivity contribution in [2.45, 2.75) is 12.5 Å². The molecule has 1 aromatic carbocycles. The van der Waals surface area contributed by atoms with Gasteiger partial charge in [0, 0.05) is 22.8 Å². The molecular weight excluding hydrogens is 384 g/mol. The standard InChI is InChI=1S/C13H9Br2F2NO/c14-7-1-2-8(18-6-7)5-11(19)9-3-4-10(16)13(17)12(9)15/h1-4,6,11,19H,5H2. The van der Waals surface area contributed by atoms with Crippen LogP contribution in [0.5, 0.6) is 0 Å². The van der Waals surface area contributed by atoms with E-state index in [0.717, 1.165) is 10.5 Å². The second kappa shape index (κ2) is 6.07. The first-order valence-corrected chi connectivity index (χ1v) is 6.99. The average Bonchev–Trinajstić information content (AvgIpc) is 2.39. The van der Waals surface area contributed by atoms with Crippen molar-refractivity contribution in [2.75, 3.05) is 0 Å². The lowest BCUT2D eigenvalue weighted by molar-refractivity contribution is 0.175. The number of nitrogens with zero attached hydrogens (tertiary/aromatic N) is 1. The molecule has 2 aromatic rings. The summed E-state index contributed by atoms with van der Waals surface area (Å²) in [5.41, 5.74) is 0.955. The molecule has 2 rings (SSSR count). The quantitative estimate of drug-likeness (QED) is 0.795. The number of pyridine rings is 1. The van der Waals surface area contributed by atoms with Gasteiger partial charge in [0.15, 0.2) is 11.6 Å². The van der Waals surface area contributed by atoms with Crippen LogP contribution in [-0.2, 0) is 6.42 Å². The number of hydrogen-bond acceptors (Lipinski definition) is 2. The first-order chi connectivity index (χ1) is 8.99. The maximum Gasteiger partial charge on any atom is 0.173 e. The van der Waals surface area contributed by atoms with E-state index in [0.29, 0.717) is 11.3 Å². The maximum atomic E-state index is 13.4. The predicted octanol–water partition coefficient (Wildman–Crippen LogP) is 4.16. The third kappa shape index (κ3) is 3.38. The molecule has 19 heavy (non-hydrogen) atoms. The van der Waals surface area contributed by atoms with Crippen molar-refractivity contribution < 1.29 is 13.9 Å². The molecule has 0 saturated heterocycles. The Bertz CT molecular complexity index is 590. The fourth-order valence-electron chi connectivity index (χ4n) is 1.63. The van der Waals surface area contributed by atoms with E-state index in [2.05, 4.69) is 36.8 Å². The van der Waals surface area contributed by atoms with E-state index in [4.69, 9.17) is 0 Å². The molecule has 2 nitrogen and oxygen atoms in total. The summed E-state index contributed by atoms with van der Waals surface area (Å²) in [6, 6.07) is 5.90. The van der Waals surface area contributed by atoms with Crippen LogP contribution in [0, 0.1) is 11.6 Å². The average molecular weight is 393 g/mol. The highest BCUT2D eigenvalue weighted by Crippen LogP contribution is 2.29. The summed E-state index contributed by atoms with van der Waals surface area (Å²) >= 11 is 6.22. The molecule has 0 saturated carbocycles. The molecule has 1 aromatic heterocycles. The molecule has 0 fully saturated rings. The first kappa shape index (κ1) is 14.6. The van der Waals surface area contributed by atoms with Crippen LogP contribution in [0.2, 0.25) is 0 Å². The van der Waals surface area contributed by atoms with Gasteiger partial charge in [-0.15, -0.1) is 0 Å². The molecule has 0 bridgehead atoms. The van der Waals surface area contributed by atoms with Crippen LogP contribution in [0.1, 0.15) is 17.4 Å². The van der Waals surface area contributed by atoms with Crippen molar-refractivity contribution in [3.63, 3.8) is 0 Å². The molecular formula is C13H9Br2F2NO. The Labute approximate surface area is 125 Å². The summed E-state index contributed by atoms with van der Waals surface area (Å²) < 4.78 is 27.2. The molecule has 0 aliphatic heterocycles. The SMILES string of the molecule is OC(Cc1ccc(Br)cn1)c1ccc(F)c(F)c1Br. The molecule has 1 atom stereocenters. The van der Waals surface area contributed by atoms with Crippen LogP contribution in [-0.4, -0.2) is 10.1 Å². The number of benzene rings is 1. The van der Waals surface area contributed by atoms with E-state index in [1.807, 2.05) is 0 Å². The highest BCUT2D eigenvalue weighted by Gasteiger charge is 2.18. The second-order valence-electron chi connectivity index (χ2n) is 3.95. The van der Waals surface area contributed by atoms with Crippen LogP contribution in [0.15, 0.2) is 39.4 Å². The van der Waals surface area contributed by atoms with Crippen molar-refractivity contribution in [1.29, 1.82) is 0 Å². The van der Waals surface area contributed by atoms with Gasteiger partial charge < -0.3 is 5.11 Å². The Balaban J connectivity index is 2.23. The van der Waals surface area contributed by atoms with E-state index in [9.17, 15) is 13.9 Å². The minimum absolute atomic E-state index is 0.0582. The van der Waals surface area contributed by atoms with Crippen LogP contribution < -0.4 is 0 Å². The van der Waals surface area contributed by atoms with Crippen molar-refractivity contribution in [2.24, 2.45) is 0 Å². The minimum Gasteiger partial charge on any atom is -0.388 e. The Morgan fingerprint density at radius 1 is 1.16 bits per heavy atom. The summed E-state index contributed by atoms with van der Waals surface area (Å²) in [5, 5.41) is 10.1. The van der Waals surface area contributed by atoms with Gasteiger partial charge in [0.2, 0.25) is 0 Å². The Morgan fingerprint density at radius 2 is 1.89 bits per heavy atom. The molecule has 1 N–H and O–H groups in total. The van der Waals surface area contributed by atoms with Gasteiger partial charge in [-0.3, -0.25) is 4.98 Å². The van der Waals surface area contributed by atoms with Gasteiger partial charge >= 0.3 is 0 Å². The number of hydrogen-bond donors (Lipinski definition) is 1. The molecule has 0 aliphatic carbocycles. The number of rotatable bonds is 3. The van der Waals surface area contributed by atoms with E-state index >= 15 is 0 Å². The minimum atomic E-state index is -1.000. The van der Waals surface area contributed by atoms with Crippen LogP contribution in [0.4, 0.5) is 8.78 Å². The zero-order valence-corrected chi connectivity index (χ0v) is 12.7. The van der Waals surface area contributed by atoms with Crippen molar-refractivity contribution >= 4 is 31.9 Å². The molecule has 6 heteroatoms. The van der Waals surface area contributed by atoms with Gasteiger partial charge in [-0.1, -0.05) is 6.07 Å². The van der Waals surface area contributed by atoms with Gasteiger partial charge in [-0.2, -0.15) is 0 Å². The first-order valence-electron chi connectivity index (χ1n) is 5.41. The normalized spacial score (nSPS) is 12.5. The lowest BCUT2D eigenvalue weighted by atomic mass is 10.0. The van der Waals surface area contributed by atoms with Gasteiger partial charge in [0.1, 0.15) is 0 Å². The van der Waals surface area contributed by atoms with E-state index in [-0.39, 0.29) is 10.9 Å². The van der Waals surface area contributed by atoms with Crippen LogP contribution in [0.3, 0.4) is 0 Å². The lowest BCUT2D eigenvalue weighted by Crippen LogP contribution is -2.05. The van der Waals surface area contributed by atoms with Crippen LogP contribution in [0.25, 0.3) is 0 Å². The monoisotopic (exact) mass is 391 g/mol. The van der Waals surface area contributed by atoms with Gasteiger partial charge in [0.25, 0.3) is 0 Å². The van der Waals surface area contributed by atoms with Gasteiger partial charge in [-0.05, 0) is 55.6 Å². The molecule has 1 unspecified atom stereocenters. The number of halogens is 4. The van der Waals surface area contributed by atoms with Crippen molar-refractivity contribution in [3.05, 3.63) is 62.3 Å². The molecule has 0 amide bonds. The summed E-state index contributed by atoms with van der Waals surface area (Å²) in [4.78, 5) is 4.12. The topological polar surface area (TPSA) is 33.1 Å². The lowest BCUT2D eigenvalue weighted by Gasteiger charge is -2.13. The summed E-state index contributed by atoms with van der Waals surface area (Å²) in [6.45, 7) is 0. The molecule has 100 valence electrons. The predicted molar refractivity (Wildman–Crippen MR) is 74.7 cm³/mol. The molecule has 0 radical (unpaired) electrons. The smallest absolute Gasteiger partial charge is 0.173 e. The Kier molecular flexibility index (Phi) is 4.65. The number of aromatic nitrogens is 1. The van der Waals surface area contributed by atoms with E-state index in [1.54, 1.807) is 18.3 Å². The zero-order chi connectivity index (χ0) is 14.0. The van der Waals surface area contributed by atoms with Gasteiger partial charge in [0.05, 0.1) is 10.6 Å². The Hall–Kier alpha value is -0.850. The van der Waals surface area contributed by atoms with Crippen molar-refractivity contribution in [1.82, 2.24) is 4.98 Å². The number of aliphatic hydroxyl groups excluding tert-OH is 1. The third-order valence-corrected chi connectivity index (χ3v) is 3.89. The van der Waals surface area contributed by atoms with E-state index in [1.165, 1.54) is 6.07 Å². The maximum absolute atomic E-state index is 13.4. The van der Waals surface area contributed by atoms with Crippen LogP contribution >= 0.6 is 31.9 Å². The number of aliphatic hydroxyl groups is 1. The highest BCUT2D eigenvalue weighted by molar-refractivity contribution is 9.10. The largest absolute Gasteiger partial charge is 0.388 e. The van der Waals surface area contributed by atoms with Crippen molar-refractivity contribution in [3.8, 4) is 0 Å². The second-order valence-corrected chi connectivity index (χ2v) is 5.66. The third-order valence-electron chi connectivity index (χ3n) is 2.62. The van der Waals surface area contributed by atoms with Gasteiger partial charge in [-0.25, -0.2) is 8.78 Å². The highest BCUT2D eigenvalue weighted by atomic mass is 79.9. The fraction of sp³-hybridized carbons (Fsp3) is 0.154. The summed E-state index contributed by atoms with van der Waals surface area (Å²) in [7, 11) is 0. The molecule has 0 aliphatic rings.